The van der Waals surface area contributed by atoms with Crippen LogP contribution in [-0.4, -0.2) is 116 Å². The van der Waals surface area contributed by atoms with Gasteiger partial charge in [0, 0.05) is 115 Å². The Hall–Kier alpha value is -5.12. The summed E-state index contributed by atoms with van der Waals surface area (Å²) in [5.74, 6) is 1.62. The molecule has 3 N–H and O–H groups in total. The third kappa shape index (κ3) is 14.0. The van der Waals surface area contributed by atoms with Crippen molar-refractivity contribution in [3.63, 3.8) is 0 Å². The van der Waals surface area contributed by atoms with E-state index < -0.39 is 0 Å². The van der Waals surface area contributed by atoms with E-state index in [4.69, 9.17) is 37.8 Å². The van der Waals surface area contributed by atoms with E-state index in [9.17, 15) is 9.59 Å². The highest BCUT2D eigenvalue weighted by molar-refractivity contribution is 7.17. The number of benzene rings is 4. The summed E-state index contributed by atoms with van der Waals surface area (Å²) in [5, 5.41) is 16.4. The first-order valence-electron chi connectivity index (χ1n) is 22.9. The van der Waals surface area contributed by atoms with Gasteiger partial charge in [0.05, 0.1) is 29.6 Å². The van der Waals surface area contributed by atoms with Gasteiger partial charge in [0.1, 0.15) is 11.5 Å². The Morgan fingerprint density at radius 1 is 0.537 bits per heavy atom. The molecule has 15 heteroatoms. The molecule has 0 amide bonds. The van der Waals surface area contributed by atoms with Gasteiger partial charge in [-0.15, -0.1) is 45.9 Å². The zero-order valence-corrected chi connectivity index (χ0v) is 41.2. The first-order chi connectivity index (χ1) is 32.9. The molecule has 2 aliphatic heterocycles. The quantitative estimate of drug-likeness (QED) is 0.0723. The number of halogens is 2. The van der Waals surface area contributed by atoms with Crippen molar-refractivity contribution in [1.82, 2.24) is 19.8 Å². The van der Waals surface area contributed by atoms with E-state index >= 15 is 0 Å². The van der Waals surface area contributed by atoms with Gasteiger partial charge in [-0.3, -0.25) is 19.4 Å². The van der Waals surface area contributed by atoms with Crippen molar-refractivity contribution in [3.8, 4) is 11.5 Å². The second-order valence-electron chi connectivity index (χ2n) is 16.2. The largest absolute Gasteiger partial charge is 0.494 e. The lowest BCUT2D eigenvalue weighted by molar-refractivity contribution is 0.239. The average molecular weight is 984 g/mol. The number of nitrogens with zero attached hydrogens (tertiary/aromatic N) is 4. The number of unbranched alkanes of at least 4 members (excludes halogenated alkanes) is 2. The maximum absolute atomic E-state index is 11.5. The molecule has 0 spiro atoms. The Bertz CT molecular complexity index is 2680. The van der Waals surface area contributed by atoms with Gasteiger partial charge in [0.25, 0.3) is 0 Å². The molecule has 4 aromatic carbocycles. The fraction of sp³-hybridized carbons (Fsp3) is 0.346. The number of ether oxygens (including phenoxy) is 2. The minimum atomic E-state index is -0.0863. The fourth-order valence-electron chi connectivity index (χ4n) is 8.62. The summed E-state index contributed by atoms with van der Waals surface area (Å²) < 4.78 is 14.6. The fourth-order valence-corrected chi connectivity index (χ4v) is 10.2. The highest BCUT2D eigenvalue weighted by Crippen LogP contribution is 2.32. The number of anilines is 2. The van der Waals surface area contributed by atoms with Crippen LogP contribution in [0.2, 0.25) is 0 Å². The van der Waals surface area contributed by atoms with Crippen LogP contribution in [-0.2, 0) is 0 Å². The lowest BCUT2D eigenvalue weighted by atomic mass is 10.2. The van der Waals surface area contributed by atoms with E-state index in [2.05, 4.69) is 88.9 Å². The smallest absolute Gasteiger partial charge is 0.248 e. The number of fused-ring (bicyclic) bond motifs is 4. The SMILES string of the molecule is CO.ClCCl.O=c1ccc2ccc(OCCCCN3CCN(c4cccc5sccc45)CC3)cc2[nH]1.O=c1ccc2ccc(OCCCCN3CCN(c4cccc5sccc45)CC3)cc2[nH]1. The molecular weight excluding hydrogens is 924 g/mol. The zero-order valence-electron chi connectivity index (χ0n) is 38.0. The summed E-state index contributed by atoms with van der Waals surface area (Å²) in [6.45, 7) is 12.4. The van der Waals surface area contributed by atoms with Gasteiger partial charge in [-0.05, 0) is 133 Å². The summed E-state index contributed by atoms with van der Waals surface area (Å²) in [6, 6.07) is 36.2. The molecule has 0 unspecified atom stereocenters. The third-order valence-electron chi connectivity index (χ3n) is 12.0. The molecule has 4 aromatic heterocycles. The van der Waals surface area contributed by atoms with E-state index in [1.807, 2.05) is 71.2 Å². The van der Waals surface area contributed by atoms with Crippen LogP contribution in [0.4, 0.5) is 11.4 Å². The standard InChI is InChI=1S/2C25H27N3O2S.CH2Cl2.CH4O/c2*29-25-9-7-19-6-8-20(18-22(19)26-25)30-16-2-1-11-27-12-14-28(15-13-27)23-4-3-5-24-21(23)10-17-31-24;2-1-3;1-2/h2*3-10,17-18H,1-2,11-16H2,(H,26,29);1H2;2H,1H3. The van der Waals surface area contributed by atoms with Gasteiger partial charge >= 0.3 is 0 Å². The molecule has 10 rings (SSSR count). The molecule has 67 heavy (non-hydrogen) atoms. The molecule has 0 saturated carbocycles. The Labute approximate surface area is 410 Å². The number of aromatic nitrogens is 2. The molecule has 2 fully saturated rings. The van der Waals surface area contributed by atoms with Crippen molar-refractivity contribution in [2.45, 2.75) is 25.7 Å². The number of aliphatic hydroxyl groups is 1. The van der Waals surface area contributed by atoms with Crippen LogP contribution < -0.4 is 30.4 Å². The van der Waals surface area contributed by atoms with Gasteiger partial charge in [0.2, 0.25) is 11.1 Å². The lowest BCUT2D eigenvalue weighted by Crippen LogP contribution is -2.46. The third-order valence-corrected chi connectivity index (χ3v) is 13.8. The van der Waals surface area contributed by atoms with Crippen LogP contribution in [0, 0.1) is 0 Å². The first kappa shape index (κ1) is 49.8. The number of rotatable bonds is 14. The second kappa shape index (κ2) is 25.9. The molecule has 0 bridgehead atoms. The topological polar surface area (TPSA) is 117 Å². The van der Waals surface area contributed by atoms with Gasteiger partial charge in [-0.25, -0.2) is 0 Å². The molecular formula is C52H60Cl2N6O5S2. The normalized spacial score (nSPS) is 14.3. The van der Waals surface area contributed by atoms with Crippen molar-refractivity contribution in [1.29, 1.82) is 0 Å². The van der Waals surface area contributed by atoms with E-state index in [0.29, 0.717) is 13.2 Å². The summed E-state index contributed by atoms with van der Waals surface area (Å²) in [7, 11) is 1.00. The summed E-state index contributed by atoms with van der Waals surface area (Å²) >= 11 is 13.2. The maximum Gasteiger partial charge on any atom is 0.248 e. The summed E-state index contributed by atoms with van der Waals surface area (Å²) in [6.07, 6.45) is 4.31. The summed E-state index contributed by atoms with van der Waals surface area (Å²) in [4.78, 5) is 38.9. The van der Waals surface area contributed by atoms with Gasteiger partial charge < -0.3 is 34.3 Å². The monoisotopic (exact) mass is 982 g/mol. The highest BCUT2D eigenvalue weighted by atomic mass is 35.5. The molecule has 0 radical (unpaired) electrons. The molecule has 2 saturated heterocycles. The van der Waals surface area contributed by atoms with Crippen LogP contribution >= 0.6 is 45.9 Å². The predicted molar refractivity (Wildman–Crippen MR) is 284 cm³/mol. The van der Waals surface area contributed by atoms with Crippen LogP contribution in [0.5, 0.6) is 11.5 Å². The minimum absolute atomic E-state index is 0.0863. The number of aromatic amines is 2. The van der Waals surface area contributed by atoms with Crippen molar-refractivity contribution in [3.05, 3.63) is 141 Å². The Morgan fingerprint density at radius 3 is 1.36 bits per heavy atom. The van der Waals surface area contributed by atoms with Crippen molar-refractivity contribution in [2.75, 3.05) is 101 Å². The Morgan fingerprint density at radius 2 is 0.940 bits per heavy atom. The van der Waals surface area contributed by atoms with Gasteiger partial charge in [-0.2, -0.15) is 0 Å². The minimum Gasteiger partial charge on any atom is -0.494 e. The molecule has 354 valence electrons. The van der Waals surface area contributed by atoms with Crippen molar-refractivity contribution >= 4 is 99.2 Å². The molecule has 2 aliphatic rings. The van der Waals surface area contributed by atoms with Crippen LogP contribution in [0.15, 0.2) is 130 Å². The molecule has 0 atom stereocenters. The second-order valence-corrected chi connectivity index (χ2v) is 18.9. The van der Waals surface area contributed by atoms with Crippen LogP contribution in [0.3, 0.4) is 0 Å². The average Bonchev–Trinajstić information content (AvgIpc) is 4.06. The number of alkyl halides is 2. The van der Waals surface area contributed by atoms with E-state index in [0.717, 1.165) is 132 Å². The van der Waals surface area contributed by atoms with Crippen LogP contribution in [0.25, 0.3) is 42.0 Å². The van der Waals surface area contributed by atoms with Crippen molar-refractivity contribution in [2.24, 2.45) is 0 Å². The van der Waals surface area contributed by atoms with E-state index in [1.165, 1.54) is 31.5 Å². The number of hydrogen-bond acceptors (Lipinski definition) is 11. The highest BCUT2D eigenvalue weighted by Gasteiger charge is 2.20. The molecule has 6 heterocycles. The number of piperazine rings is 2. The zero-order chi connectivity index (χ0) is 46.8. The number of nitrogens with one attached hydrogen (secondary N) is 2. The molecule has 8 aromatic rings. The number of aliphatic hydroxyl groups excluding tert-OH is 1. The Balaban J connectivity index is 0.000000182. The molecule has 11 nitrogen and oxygen atoms in total. The number of thiophene rings is 2. The van der Waals surface area contributed by atoms with Crippen molar-refractivity contribution < 1.29 is 14.6 Å². The first-order valence-corrected chi connectivity index (χ1v) is 25.7. The lowest BCUT2D eigenvalue weighted by Gasteiger charge is -2.36. The van der Waals surface area contributed by atoms with Crippen LogP contribution in [0.1, 0.15) is 25.7 Å². The number of pyridine rings is 2. The summed E-state index contributed by atoms with van der Waals surface area (Å²) in [5.41, 5.74) is 4.22. The van der Waals surface area contributed by atoms with E-state index in [-0.39, 0.29) is 16.5 Å². The van der Waals surface area contributed by atoms with E-state index in [1.54, 1.807) is 12.1 Å². The predicted octanol–water partition coefficient (Wildman–Crippen LogP) is 10.5. The van der Waals surface area contributed by atoms with Gasteiger partial charge in [0.15, 0.2) is 0 Å². The number of H-pyrrole nitrogens is 2. The van der Waals surface area contributed by atoms with Gasteiger partial charge in [-0.1, -0.05) is 12.1 Å². The Kier molecular flexibility index (Phi) is 19.2. The maximum atomic E-state index is 11.5. The number of hydrogen-bond donors (Lipinski definition) is 3. The molecule has 0 aliphatic carbocycles.